The first-order valence-corrected chi connectivity index (χ1v) is 17.3. The van der Waals surface area contributed by atoms with Gasteiger partial charge < -0.3 is 29.3 Å². The molecule has 2 aliphatic rings. The second kappa shape index (κ2) is 20.3. The van der Waals surface area contributed by atoms with Crippen molar-refractivity contribution in [1.82, 2.24) is 14.8 Å². The zero-order chi connectivity index (χ0) is 37.5. The Hall–Kier alpha value is -4.83. The van der Waals surface area contributed by atoms with E-state index in [-0.39, 0.29) is 25.8 Å². The summed E-state index contributed by atoms with van der Waals surface area (Å²) in [5.74, 6) is 1.11. The van der Waals surface area contributed by atoms with Crippen LogP contribution in [-0.2, 0) is 29.3 Å². The van der Waals surface area contributed by atoms with E-state index in [2.05, 4.69) is 34.0 Å². The highest BCUT2D eigenvalue weighted by atomic mass is 35.5. The number of β-amino-alcohol motifs (C(OH)–C–C–N with tert-alkyl or cyclic N) is 1. The molecule has 0 saturated carbocycles. The molecular weight excluding hydrogens is 684 g/mol. The molecule has 1 aromatic heterocycles. The van der Waals surface area contributed by atoms with Crippen LogP contribution in [0, 0.1) is 25.2 Å². The molecule has 2 aliphatic heterocycles. The lowest BCUT2D eigenvalue weighted by Gasteiger charge is -2.21. The number of carbonyl (C=O) groups excluding carboxylic acids is 1. The summed E-state index contributed by atoms with van der Waals surface area (Å²) in [6.07, 6.45) is 4.46. The Kier molecular flexibility index (Phi) is 15.6. The number of aliphatic hydroxyl groups is 1. The first kappa shape index (κ1) is 39.9. The molecule has 274 valence electrons. The molecule has 0 amide bonds. The fourth-order valence-corrected chi connectivity index (χ4v) is 6.19. The topological polar surface area (TPSA) is 145 Å². The highest BCUT2D eigenvalue weighted by Crippen LogP contribution is 2.36. The summed E-state index contributed by atoms with van der Waals surface area (Å²) in [6.45, 7) is 10.2. The number of nitriles is 1. The summed E-state index contributed by atoms with van der Waals surface area (Å²) in [5.41, 5.74) is 7.85. The number of carboxylic acid groups (broad SMARTS) is 1. The minimum absolute atomic E-state index is 0.222. The van der Waals surface area contributed by atoms with Crippen molar-refractivity contribution in [3.05, 3.63) is 111 Å². The minimum Gasteiger partial charge on any atom is -0.488 e. The number of aromatic nitrogens is 1. The Balaban J connectivity index is 0.000000528. The quantitative estimate of drug-likeness (QED) is 0.183. The summed E-state index contributed by atoms with van der Waals surface area (Å²) in [7, 11) is 2.11. The van der Waals surface area contributed by atoms with E-state index in [0.29, 0.717) is 40.7 Å². The van der Waals surface area contributed by atoms with E-state index in [1.54, 1.807) is 12.3 Å². The fourth-order valence-electron chi connectivity index (χ4n) is 5.94. The standard InChI is InChI=1S/C34H32ClN3O4.C5H11NO.CH2O2/c1-22-26(19-39)5-3-7-30(22)31-8-4-6-27(23(31)2)21-42-34-13-33(41-20-25-11-24(14-36)15-37-16-25)28(12-32(34)35)17-38-10-9-29(40)18-38;1-6-2-4-7-5-3-6;2-1-3/h3-8,11-13,15-16,19,29,40H,9-10,17-18,20-21H2,1-2H3;2-5H2,1H3;1H,(H,2,3). The van der Waals surface area contributed by atoms with Gasteiger partial charge in [-0.3, -0.25) is 19.5 Å². The van der Waals surface area contributed by atoms with Gasteiger partial charge >= 0.3 is 0 Å². The second-order valence-electron chi connectivity index (χ2n) is 12.6. The smallest absolute Gasteiger partial charge is 0.290 e. The van der Waals surface area contributed by atoms with Crippen LogP contribution in [0.2, 0.25) is 5.02 Å². The monoisotopic (exact) mass is 728 g/mol. The summed E-state index contributed by atoms with van der Waals surface area (Å²) < 4.78 is 17.6. The molecule has 0 aliphatic carbocycles. The van der Waals surface area contributed by atoms with Crippen molar-refractivity contribution >= 4 is 24.4 Å². The van der Waals surface area contributed by atoms with Gasteiger partial charge in [0.05, 0.1) is 29.9 Å². The number of morpholine rings is 1. The Morgan fingerprint density at radius 1 is 0.962 bits per heavy atom. The maximum Gasteiger partial charge on any atom is 0.290 e. The van der Waals surface area contributed by atoms with E-state index in [1.165, 1.54) is 6.20 Å². The van der Waals surface area contributed by atoms with Gasteiger partial charge in [0.2, 0.25) is 0 Å². The fraction of sp³-hybridized carbons (Fsp3) is 0.350. The van der Waals surface area contributed by atoms with Crippen LogP contribution in [0.3, 0.4) is 0 Å². The molecular formula is C40H45ClN4O7. The largest absolute Gasteiger partial charge is 0.488 e. The van der Waals surface area contributed by atoms with Gasteiger partial charge in [-0.1, -0.05) is 48.0 Å². The van der Waals surface area contributed by atoms with Crippen LogP contribution in [0.4, 0.5) is 0 Å². The lowest BCUT2D eigenvalue weighted by Crippen LogP contribution is -2.32. The van der Waals surface area contributed by atoms with Gasteiger partial charge in [-0.2, -0.15) is 5.26 Å². The maximum atomic E-state index is 11.5. The zero-order valence-electron chi connectivity index (χ0n) is 29.8. The summed E-state index contributed by atoms with van der Waals surface area (Å²) in [5, 5.41) is 26.6. The van der Waals surface area contributed by atoms with Crippen LogP contribution in [0.5, 0.6) is 11.5 Å². The van der Waals surface area contributed by atoms with Gasteiger partial charge in [0, 0.05) is 67.9 Å². The van der Waals surface area contributed by atoms with Gasteiger partial charge in [-0.05, 0) is 67.3 Å². The van der Waals surface area contributed by atoms with E-state index in [1.807, 2.05) is 56.3 Å². The molecule has 4 aromatic rings. The zero-order valence-corrected chi connectivity index (χ0v) is 30.5. The van der Waals surface area contributed by atoms with Gasteiger partial charge in [0.15, 0.2) is 0 Å². The van der Waals surface area contributed by atoms with Crippen molar-refractivity contribution in [3.63, 3.8) is 0 Å². The van der Waals surface area contributed by atoms with Crippen molar-refractivity contribution < 1.29 is 34.0 Å². The number of halogens is 1. The number of ether oxygens (including phenoxy) is 3. The normalized spacial score (nSPS) is 15.7. The van der Waals surface area contributed by atoms with E-state index in [0.717, 1.165) is 84.5 Å². The summed E-state index contributed by atoms with van der Waals surface area (Å²) in [4.78, 5) is 28.4. The molecule has 11 nitrogen and oxygen atoms in total. The van der Waals surface area contributed by atoms with Crippen LogP contribution in [0.15, 0.2) is 67.0 Å². The molecule has 2 fully saturated rings. The third-order valence-corrected chi connectivity index (χ3v) is 9.23. The predicted octanol–water partition coefficient (Wildman–Crippen LogP) is 6.08. The number of benzene rings is 3. The minimum atomic E-state index is -0.337. The van der Waals surface area contributed by atoms with E-state index in [4.69, 9.17) is 35.7 Å². The molecule has 1 atom stereocenters. The number of rotatable bonds is 10. The van der Waals surface area contributed by atoms with E-state index in [9.17, 15) is 15.2 Å². The van der Waals surface area contributed by atoms with Crippen molar-refractivity contribution in [3.8, 4) is 28.7 Å². The SMILES string of the molecule is CN1CCOCC1.Cc1c(C=O)cccc1-c1cccc(COc2cc(OCc3cncc(C#N)c3)c(CN3CCC(O)C3)cc2Cl)c1C.O=CO. The number of hydrogen-bond donors (Lipinski definition) is 2. The maximum absolute atomic E-state index is 11.5. The number of nitrogens with zero attached hydrogens (tertiary/aromatic N) is 4. The molecule has 0 radical (unpaired) electrons. The number of pyridine rings is 1. The summed E-state index contributed by atoms with van der Waals surface area (Å²) >= 11 is 6.73. The second-order valence-corrected chi connectivity index (χ2v) is 13.0. The number of aliphatic hydroxyl groups excluding tert-OH is 1. The van der Waals surface area contributed by atoms with Crippen molar-refractivity contribution in [2.45, 2.75) is 46.1 Å². The highest BCUT2D eigenvalue weighted by Gasteiger charge is 2.23. The van der Waals surface area contributed by atoms with Gasteiger partial charge in [-0.25, -0.2) is 0 Å². The van der Waals surface area contributed by atoms with Crippen LogP contribution in [-0.4, -0.2) is 90.3 Å². The molecule has 52 heavy (non-hydrogen) atoms. The van der Waals surface area contributed by atoms with Crippen LogP contribution >= 0.6 is 11.6 Å². The molecule has 0 bridgehead atoms. The Bertz CT molecular complexity index is 1840. The Morgan fingerprint density at radius 3 is 2.29 bits per heavy atom. The summed E-state index contributed by atoms with van der Waals surface area (Å²) in [6, 6.07) is 19.3. The van der Waals surface area contributed by atoms with Crippen LogP contribution < -0.4 is 9.47 Å². The average Bonchev–Trinajstić information content (AvgIpc) is 3.56. The molecule has 12 heteroatoms. The van der Waals surface area contributed by atoms with Gasteiger partial charge in [-0.15, -0.1) is 0 Å². The number of hydrogen-bond acceptors (Lipinski definition) is 10. The Morgan fingerprint density at radius 2 is 1.65 bits per heavy atom. The van der Waals surface area contributed by atoms with Crippen molar-refractivity contribution in [2.75, 3.05) is 46.4 Å². The molecule has 2 saturated heterocycles. The first-order valence-electron chi connectivity index (χ1n) is 17.0. The molecule has 6 rings (SSSR count). The van der Waals surface area contributed by atoms with Crippen molar-refractivity contribution in [1.29, 1.82) is 5.26 Å². The number of carbonyl (C=O) groups is 2. The molecule has 0 spiro atoms. The van der Waals surface area contributed by atoms with Crippen LogP contribution in [0.1, 0.15) is 50.2 Å². The highest BCUT2D eigenvalue weighted by molar-refractivity contribution is 6.32. The number of likely N-dealkylation sites (N-methyl/N-ethyl adjacent to an activating group) is 1. The van der Waals surface area contributed by atoms with Crippen LogP contribution in [0.25, 0.3) is 11.1 Å². The van der Waals surface area contributed by atoms with E-state index >= 15 is 0 Å². The third-order valence-electron chi connectivity index (χ3n) is 8.93. The Labute approximate surface area is 309 Å². The molecule has 3 aromatic carbocycles. The third kappa shape index (κ3) is 11.3. The molecule has 1 unspecified atom stereocenters. The van der Waals surface area contributed by atoms with Gasteiger partial charge in [0.1, 0.15) is 37.1 Å². The number of likely N-dealkylation sites (tertiary alicyclic amines) is 1. The van der Waals surface area contributed by atoms with Crippen molar-refractivity contribution in [2.24, 2.45) is 0 Å². The lowest BCUT2D eigenvalue weighted by molar-refractivity contribution is -0.122. The van der Waals surface area contributed by atoms with Gasteiger partial charge in [0.25, 0.3) is 6.47 Å². The average molecular weight is 729 g/mol. The predicted molar refractivity (Wildman–Crippen MR) is 199 cm³/mol. The lowest BCUT2D eigenvalue weighted by atomic mass is 9.92. The van der Waals surface area contributed by atoms with E-state index < -0.39 is 0 Å². The first-order chi connectivity index (χ1) is 25.2. The molecule has 2 N–H and O–H groups in total. The number of aldehydes is 1. The molecule has 3 heterocycles.